The monoisotopic (exact) mass is 590 g/mol. The van der Waals surface area contributed by atoms with E-state index in [1.165, 1.54) is 0 Å². The van der Waals surface area contributed by atoms with E-state index >= 15 is 0 Å². The summed E-state index contributed by atoms with van der Waals surface area (Å²) in [6.45, 7) is 0. The molecule has 0 spiro atoms. The Morgan fingerprint density at radius 1 is 0.261 bits per heavy atom. The summed E-state index contributed by atoms with van der Waals surface area (Å²) in [5.74, 6) is 0. The second-order valence-corrected chi connectivity index (χ2v) is 11.3. The first-order chi connectivity index (χ1) is 22.8. The van der Waals surface area contributed by atoms with Crippen LogP contribution in [0.15, 0.2) is 170 Å². The molecule has 0 bridgehead atoms. The van der Waals surface area contributed by atoms with Gasteiger partial charge in [-0.2, -0.15) is 10.2 Å². The largest absolute Gasteiger partial charge is 0.277 e. The van der Waals surface area contributed by atoms with Crippen LogP contribution in [0.3, 0.4) is 0 Å². The van der Waals surface area contributed by atoms with Gasteiger partial charge in [0.15, 0.2) is 0 Å². The standard InChI is InChI=1S/C42H30N4/c1-5-13-33(14-6-1)39-37(40(44-43-39)34-15-7-2-8-16-34)31-25-21-29(22-26-31)30-23-27-32(28-24-30)38-41(35-17-9-3-10-18-35)45-46-42(38)36-19-11-4-12-20-36/h1-28H,(H,43,44)(H,45,46). The number of rotatable bonds is 7. The molecule has 2 heterocycles. The van der Waals surface area contributed by atoms with Crippen molar-refractivity contribution in [2.45, 2.75) is 0 Å². The van der Waals surface area contributed by atoms with Crippen LogP contribution in [-0.4, -0.2) is 20.4 Å². The number of hydrogen-bond acceptors (Lipinski definition) is 2. The minimum Gasteiger partial charge on any atom is -0.277 e. The molecule has 8 aromatic rings. The normalized spacial score (nSPS) is 11.0. The molecule has 0 aliphatic carbocycles. The summed E-state index contributed by atoms with van der Waals surface area (Å²) in [5.41, 5.74) is 15.0. The summed E-state index contributed by atoms with van der Waals surface area (Å²) >= 11 is 0. The second kappa shape index (κ2) is 12.0. The van der Waals surface area contributed by atoms with Crippen molar-refractivity contribution in [2.75, 3.05) is 0 Å². The first kappa shape index (κ1) is 27.3. The van der Waals surface area contributed by atoms with Crippen molar-refractivity contribution in [3.8, 4) is 78.4 Å². The second-order valence-electron chi connectivity index (χ2n) is 11.3. The Morgan fingerprint density at radius 2 is 0.543 bits per heavy atom. The lowest BCUT2D eigenvalue weighted by Crippen LogP contribution is -1.87. The molecule has 2 N–H and O–H groups in total. The van der Waals surface area contributed by atoms with Gasteiger partial charge in [-0.05, 0) is 22.3 Å². The maximum Gasteiger partial charge on any atom is 0.101 e. The zero-order valence-corrected chi connectivity index (χ0v) is 25.1. The molecule has 6 aromatic carbocycles. The van der Waals surface area contributed by atoms with Gasteiger partial charge in [0, 0.05) is 33.4 Å². The van der Waals surface area contributed by atoms with Crippen molar-refractivity contribution in [1.82, 2.24) is 20.4 Å². The van der Waals surface area contributed by atoms with Gasteiger partial charge in [0.05, 0.1) is 11.4 Å². The number of nitrogens with one attached hydrogen (secondary N) is 2. The fourth-order valence-electron chi connectivity index (χ4n) is 6.14. The maximum atomic E-state index is 4.78. The summed E-state index contributed by atoms with van der Waals surface area (Å²) in [5, 5.41) is 16.2. The van der Waals surface area contributed by atoms with Crippen LogP contribution in [0.1, 0.15) is 0 Å². The van der Waals surface area contributed by atoms with Gasteiger partial charge < -0.3 is 0 Å². The third-order valence-corrected chi connectivity index (χ3v) is 8.43. The highest BCUT2D eigenvalue weighted by Gasteiger charge is 2.20. The Kier molecular flexibility index (Phi) is 7.14. The molecule has 0 aliphatic heterocycles. The molecule has 0 amide bonds. The van der Waals surface area contributed by atoms with Crippen LogP contribution < -0.4 is 0 Å². The lowest BCUT2D eigenvalue weighted by atomic mass is 9.93. The number of H-pyrrole nitrogens is 2. The van der Waals surface area contributed by atoms with Gasteiger partial charge in [-0.25, -0.2) is 0 Å². The minimum absolute atomic E-state index is 0.945. The molecule has 46 heavy (non-hydrogen) atoms. The van der Waals surface area contributed by atoms with Gasteiger partial charge in [-0.1, -0.05) is 170 Å². The fourth-order valence-corrected chi connectivity index (χ4v) is 6.14. The quantitative estimate of drug-likeness (QED) is 0.194. The van der Waals surface area contributed by atoms with Gasteiger partial charge >= 0.3 is 0 Å². The predicted octanol–water partition coefficient (Wildman–Crippen LogP) is 10.8. The van der Waals surface area contributed by atoms with Gasteiger partial charge in [0.2, 0.25) is 0 Å². The number of benzene rings is 6. The number of aromatic nitrogens is 4. The van der Waals surface area contributed by atoms with Gasteiger partial charge in [-0.15, -0.1) is 0 Å². The Hall–Kier alpha value is -6.26. The number of hydrogen-bond donors (Lipinski definition) is 2. The number of aromatic amines is 2. The molecular weight excluding hydrogens is 560 g/mol. The molecule has 8 rings (SSSR count). The molecular formula is C42H30N4. The number of nitrogens with zero attached hydrogens (tertiary/aromatic N) is 2. The summed E-state index contributed by atoms with van der Waals surface area (Å²) in [7, 11) is 0. The summed E-state index contributed by atoms with van der Waals surface area (Å²) in [6, 6.07) is 59.1. The third kappa shape index (κ3) is 5.12. The lowest BCUT2D eigenvalue weighted by Gasteiger charge is -2.10. The van der Waals surface area contributed by atoms with Gasteiger partial charge in [0.25, 0.3) is 0 Å². The highest BCUT2D eigenvalue weighted by atomic mass is 15.1. The van der Waals surface area contributed by atoms with Crippen LogP contribution in [-0.2, 0) is 0 Å². The molecule has 2 aromatic heterocycles. The topological polar surface area (TPSA) is 57.4 Å². The van der Waals surface area contributed by atoms with E-state index < -0.39 is 0 Å². The molecule has 0 atom stereocenters. The zero-order valence-electron chi connectivity index (χ0n) is 25.1. The van der Waals surface area contributed by atoms with Gasteiger partial charge in [-0.3, -0.25) is 10.2 Å². The van der Waals surface area contributed by atoms with E-state index in [9.17, 15) is 0 Å². The SMILES string of the molecule is c1ccc(-c2n[nH]c(-c3ccccc3)c2-c2ccc(-c3ccc(-c4c(-c5ccccc5)n[nH]c4-c4ccccc4)cc3)cc2)cc1. The molecule has 0 saturated carbocycles. The molecule has 4 heteroatoms. The molecule has 0 unspecified atom stereocenters. The molecule has 4 nitrogen and oxygen atoms in total. The van der Waals surface area contributed by atoms with E-state index in [0.29, 0.717) is 0 Å². The Labute approximate surface area is 268 Å². The minimum atomic E-state index is 0.945. The van der Waals surface area contributed by atoms with E-state index in [-0.39, 0.29) is 0 Å². The first-order valence-corrected chi connectivity index (χ1v) is 15.4. The van der Waals surface area contributed by atoms with Crippen LogP contribution in [0.25, 0.3) is 78.4 Å². The van der Waals surface area contributed by atoms with Crippen molar-refractivity contribution in [1.29, 1.82) is 0 Å². The van der Waals surface area contributed by atoms with E-state index in [2.05, 4.69) is 156 Å². The van der Waals surface area contributed by atoms with Crippen LogP contribution in [0.4, 0.5) is 0 Å². The zero-order chi connectivity index (χ0) is 30.7. The van der Waals surface area contributed by atoms with Crippen molar-refractivity contribution in [3.05, 3.63) is 170 Å². The molecule has 0 aliphatic rings. The molecule has 0 fully saturated rings. The lowest BCUT2D eigenvalue weighted by molar-refractivity contribution is 1.10. The van der Waals surface area contributed by atoms with Crippen LogP contribution >= 0.6 is 0 Å². The van der Waals surface area contributed by atoms with Crippen molar-refractivity contribution in [3.63, 3.8) is 0 Å². The van der Waals surface area contributed by atoms with Crippen molar-refractivity contribution >= 4 is 0 Å². The van der Waals surface area contributed by atoms with Crippen LogP contribution in [0.5, 0.6) is 0 Å². The summed E-state index contributed by atoms with van der Waals surface area (Å²) in [6.07, 6.45) is 0. The van der Waals surface area contributed by atoms with E-state index in [1.54, 1.807) is 0 Å². The van der Waals surface area contributed by atoms with Crippen LogP contribution in [0.2, 0.25) is 0 Å². The van der Waals surface area contributed by atoms with Crippen LogP contribution in [0, 0.1) is 0 Å². The third-order valence-electron chi connectivity index (χ3n) is 8.43. The Balaban J connectivity index is 1.16. The van der Waals surface area contributed by atoms with E-state index in [0.717, 1.165) is 78.4 Å². The van der Waals surface area contributed by atoms with Gasteiger partial charge in [0.1, 0.15) is 11.4 Å². The average Bonchev–Trinajstić information content (AvgIpc) is 3.79. The molecule has 0 radical (unpaired) electrons. The molecule has 0 saturated heterocycles. The van der Waals surface area contributed by atoms with E-state index in [4.69, 9.17) is 10.2 Å². The Morgan fingerprint density at radius 3 is 0.870 bits per heavy atom. The smallest absolute Gasteiger partial charge is 0.101 e. The predicted molar refractivity (Wildman–Crippen MR) is 189 cm³/mol. The first-order valence-electron chi connectivity index (χ1n) is 15.4. The maximum absolute atomic E-state index is 4.78. The molecule has 218 valence electrons. The highest BCUT2D eigenvalue weighted by Crippen LogP contribution is 2.41. The highest BCUT2D eigenvalue weighted by molar-refractivity contribution is 5.93. The van der Waals surface area contributed by atoms with Crippen molar-refractivity contribution < 1.29 is 0 Å². The van der Waals surface area contributed by atoms with E-state index in [1.807, 2.05) is 24.3 Å². The summed E-state index contributed by atoms with van der Waals surface area (Å²) < 4.78 is 0. The fraction of sp³-hybridized carbons (Fsp3) is 0. The van der Waals surface area contributed by atoms with Crippen molar-refractivity contribution in [2.24, 2.45) is 0 Å². The average molecular weight is 591 g/mol. The Bertz CT molecular complexity index is 1920. The summed E-state index contributed by atoms with van der Waals surface area (Å²) in [4.78, 5) is 0.